The van der Waals surface area contributed by atoms with Crippen LogP contribution < -0.4 is 10.6 Å². The zero-order valence-electron chi connectivity index (χ0n) is 18.3. The molecule has 172 valence electrons. The molecule has 4 aromatic rings. The van der Waals surface area contributed by atoms with E-state index in [1.807, 2.05) is 13.0 Å². The second-order valence-electron chi connectivity index (χ2n) is 8.12. The topological polar surface area (TPSA) is 71.8 Å². The molecular formula is C25H20F3N5O. The van der Waals surface area contributed by atoms with Crippen molar-refractivity contribution in [2.45, 2.75) is 26.1 Å². The maximum atomic E-state index is 14.1. The highest BCUT2D eigenvalue weighted by atomic mass is 19.4. The summed E-state index contributed by atoms with van der Waals surface area (Å²) in [6.45, 7) is 3.69. The van der Waals surface area contributed by atoms with Crippen LogP contribution >= 0.6 is 0 Å². The molecule has 0 fully saturated rings. The van der Waals surface area contributed by atoms with Crippen LogP contribution in [-0.4, -0.2) is 20.5 Å². The van der Waals surface area contributed by atoms with Crippen LogP contribution in [0.2, 0.25) is 0 Å². The predicted octanol–water partition coefficient (Wildman–Crippen LogP) is 6.06. The normalized spacial score (nSPS) is 14.9. The van der Waals surface area contributed by atoms with Gasteiger partial charge in [-0.2, -0.15) is 18.3 Å². The Bertz CT molecular complexity index is 1410. The fourth-order valence-corrected chi connectivity index (χ4v) is 4.11. The van der Waals surface area contributed by atoms with Gasteiger partial charge in [-0.3, -0.25) is 4.79 Å². The number of fused-ring (bicyclic) bond motifs is 2. The number of hydrogen-bond acceptors (Lipinski definition) is 5. The van der Waals surface area contributed by atoms with E-state index in [0.29, 0.717) is 22.9 Å². The molecule has 0 spiro atoms. The molecule has 3 heterocycles. The number of nitrogens with one attached hydrogen (secondary N) is 2. The highest BCUT2D eigenvalue weighted by Crippen LogP contribution is 2.40. The molecule has 5 rings (SSSR count). The van der Waals surface area contributed by atoms with Crippen LogP contribution in [0.4, 0.5) is 30.4 Å². The van der Waals surface area contributed by atoms with Gasteiger partial charge in [0, 0.05) is 29.1 Å². The molecule has 34 heavy (non-hydrogen) atoms. The van der Waals surface area contributed by atoms with Crippen molar-refractivity contribution < 1.29 is 18.0 Å². The summed E-state index contributed by atoms with van der Waals surface area (Å²) in [7, 11) is 0. The van der Waals surface area contributed by atoms with Gasteiger partial charge in [-0.15, -0.1) is 0 Å². The lowest BCUT2D eigenvalue weighted by Crippen LogP contribution is -2.16. The monoisotopic (exact) mass is 463 g/mol. The molecule has 0 amide bonds. The van der Waals surface area contributed by atoms with Gasteiger partial charge in [0.1, 0.15) is 5.82 Å². The van der Waals surface area contributed by atoms with E-state index >= 15 is 0 Å². The van der Waals surface area contributed by atoms with Crippen molar-refractivity contribution in [1.29, 1.82) is 0 Å². The second kappa shape index (κ2) is 8.02. The highest BCUT2D eigenvalue weighted by Gasteiger charge is 2.36. The summed E-state index contributed by atoms with van der Waals surface area (Å²) in [4.78, 5) is 17.9. The average molecular weight is 463 g/mol. The van der Waals surface area contributed by atoms with Crippen LogP contribution in [0.25, 0.3) is 5.69 Å². The molecule has 0 radical (unpaired) electrons. The second-order valence-corrected chi connectivity index (χ2v) is 8.12. The first-order chi connectivity index (χ1) is 16.2. The van der Waals surface area contributed by atoms with Crippen molar-refractivity contribution in [3.63, 3.8) is 0 Å². The highest BCUT2D eigenvalue weighted by molar-refractivity contribution is 6.15. The third-order valence-electron chi connectivity index (χ3n) is 5.77. The molecule has 0 aliphatic carbocycles. The van der Waals surface area contributed by atoms with Gasteiger partial charge in [-0.25, -0.2) is 9.67 Å². The molecule has 0 saturated carbocycles. The number of rotatable bonds is 3. The third kappa shape index (κ3) is 3.79. The van der Waals surface area contributed by atoms with Gasteiger partial charge in [0.2, 0.25) is 0 Å². The molecule has 0 bridgehead atoms. The number of alkyl halides is 3. The molecular weight excluding hydrogens is 443 g/mol. The summed E-state index contributed by atoms with van der Waals surface area (Å²) in [5.74, 6) is -0.198. The number of benzene rings is 2. The minimum Gasteiger partial charge on any atom is -0.377 e. The maximum Gasteiger partial charge on any atom is 0.417 e. The van der Waals surface area contributed by atoms with Gasteiger partial charge in [0.05, 0.1) is 34.4 Å². The number of ketones is 1. The Hall–Kier alpha value is -4.14. The molecule has 1 aliphatic heterocycles. The van der Waals surface area contributed by atoms with Crippen LogP contribution in [0.15, 0.2) is 67.0 Å². The first-order valence-corrected chi connectivity index (χ1v) is 10.6. The predicted molar refractivity (Wildman–Crippen MR) is 123 cm³/mol. The molecule has 2 N–H and O–H groups in total. The van der Waals surface area contributed by atoms with Crippen molar-refractivity contribution in [1.82, 2.24) is 14.8 Å². The number of aryl methyl sites for hydroxylation is 1. The number of nitrogens with zero attached hydrogens (tertiary/aromatic N) is 3. The third-order valence-corrected chi connectivity index (χ3v) is 5.77. The maximum absolute atomic E-state index is 14.1. The fourth-order valence-electron chi connectivity index (χ4n) is 4.11. The van der Waals surface area contributed by atoms with Crippen LogP contribution in [0.1, 0.15) is 45.7 Å². The SMILES string of the molecule is Cc1ccn(-c2ccc(C(=O)c3cccc4c3Nc3ncccc3C(C)N4)c(C(F)(F)F)c2)n1. The van der Waals surface area contributed by atoms with E-state index in [2.05, 4.69) is 20.7 Å². The molecule has 2 aromatic carbocycles. The quantitative estimate of drug-likeness (QED) is 0.362. The zero-order valence-corrected chi connectivity index (χ0v) is 18.3. The number of carbonyl (C=O) groups is 1. The summed E-state index contributed by atoms with van der Waals surface area (Å²) in [5, 5.41) is 10.6. The number of carbonyl (C=O) groups excluding carboxylic acids is 1. The van der Waals surface area contributed by atoms with Crippen molar-refractivity contribution in [2.24, 2.45) is 0 Å². The molecule has 1 atom stereocenters. The van der Waals surface area contributed by atoms with E-state index in [0.717, 1.165) is 11.6 Å². The van der Waals surface area contributed by atoms with Crippen LogP contribution in [0, 0.1) is 6.92 Å². The van der Waals surface area contributed by atoms with Crippen molar-refractivity contribution in [3.05, 3.63) is 94.9 Å². The van der Waals surface area contributed by atoms with Crippen molar-refractivity contribution in [3.8, 4) is 5.69 Å². The minimum absolute atomic E-state index is 0.115. The largest absolute Gasteiger partial charge is 0.417 e. The van der Waals surface area contributed by atoms with E-state index in [1.54, 1.807) is 43.6 Å². The van der Waals surface area contributed by atoms with Gasteiger partial charge < -0.3 is 10.6 Å². The first-order valence-electron chi connectivity index (χ1n) is 10.6. The summed E-state index contributed by atoms with van der Waals surface area (Å²) < 4.78 is 43.5. The minimum atomic E-state index is -4.73. The van der Waals surface area contributed by atoms with Gasteiger partial charge in [-0.1, -0.05) is 12.1 Å². The molecule has 9 heteroatoms. The van der Waals surface area contributed by atoms with Gasteiger partial charge in [0.15, 0.2) is 5.78 Å². The van der Waals surface area contributed by atoms with Gasteiger partial charge >= 0.3 is 6.18 Å². The lowest BCUT2D eigenvalue weighted by atomic mass is 9.95. The summed E-state index contributed by atoms with van der Waals surface area (Å²) in [6, 6.07) is 13.8. The number of hydrogen-bond donors (Lipinski definition) is 2. The Morgan fingerprint density at radius 1 is 1.06 bits per heavy atom. The van der Waals surface area contributed by atoms with E-state index in [4.69, 9.17) is 0 Å². The molecule has 1 aliphatic rings. The van der Waals surface area contributed by atoms with E-state index < -0.39 is 23.1 Å². The van der Waals surface area contributed by atoms with Crippen LogP contribution in [0.3, 0.4) is 0 Å². The molecule has 0 saturated heterocycles. The Labute approximate surface area is 193 Å². The van der Waals surface area contributed by atoms with E-state index in [9.17, 15) is 18.0 Å². The van der Waals surface area contributed by atoms with Gasteiger partial charge in [0.25, 0.3) is 0 Å². The average Bonchev–Trinajstić information content (AvgIpc) is 3.18. The van der Waals surface area contributed by atoms with Crippen molar-refractivity contribution in [2.75, 3.05) is 10.6 Å². The Morgan fingerprint density at radius 2 is 1.88 bits per heavy atom. The number of halogens is 3. The lowest BCUT2D eigenvalue weighted by Gasteiger charge is -2.17. The molecule has 6 nitrogen and oxygen atoms in total. The summed E-state index contributed by atoms with van der Waals surface area (Å²) in [5.41, 5.74) is 1.42. The Balaban J connectivity index is 1.62. The Kier molecular flexibility index (Phi) is 5.11. The summed E-state index contributed by atoms with van der Waals surface area (Å²) >= 11 is 0. The zero-order chi connectivity index (χ0) is 24.0. The molecule has 2 aromatic heterocycles. The Morgan fingerprint density at radius 3 is 2.62 bits per heavy atom. The number of aromatic nitrogens is 3. The number of anilines is 3. The van der Waals surface area contributed by atoms with Crippen LogP contribution in [0.5, 0.6) is 0 Å². The number of pyridine rings is 1. The smallest absolute Gasteiger partial charge is 0.377 e. The van der Waals surface area contributed by atoms with E-state index in [1.165, 1.54) is 22.9 Å². The van der Waals surface area contributed by atoms with Crippen molar-refractivity contribution >= 4 is 23.0 Å². The fraction of sp³-hybridized carbons (Fsp3) is 0.160. The van der Waals surface area contributed by atoms with E-state index in [-0.39, 0.29) is 17.3 Å². The van der Waals surface area contributed by atoms with Gasteiger partial charge in [-0.05, 0) is 56.3 Å². The van der Waals surface area contributed by atoms with Crippen LogP contribution in [-0.2, 0) is 6.18 Å². The summed E-state index contributed by atoms with van der Waals surface area (Å²) in [6.07, 6.45) is -1.54. The number of para-hydroxylation sites is 1. The molecule has 1 unspecified atom stereocenters. The first kappa shape index (κ1) is 21.7. The standard InChI is InChI=1S/C25H20F3N5O/c1-14-10-12-33(32-14)16-8-9-18(20(13-16)25(26,27)28)23(34)19-5-3-7-21-22(19)31-24-17(15(2)30-21)6-4-11-29-24/h3-13,15,30H,1-2H3,(H,29,31). The lowest BCUT2D eigenvalue weighted by molar-refractivity contribution is -0.137.